The molecule has 0 saturated carbocycles. The Morgan fingerprint density at radius 1 is 1.24 bits per heavy atom. The lowest BCUT2D eigenvalue weighted by atomic mass is 10.3. The lowest BCUT2D eigenvalue weighted by Gasteiger charge is -2.04. The van der Waals surface area contributed by atoms with Crippen molar-refractivity contribution in [2.45, 2.75) is 9.79 Å². The van der Waals surface area contributed by atoms with Gasteiger partial charge in [-0.2, -0.15) is 0 Å². The van der Waals surface area contributed by atoms with Crippen LogP contribution >= 0.6 is 27.7 Å². The standard InChI is InChI=1S/C12H8BrNO2S/c13-8-1-3-9(4-2-8)17-11-7-14-6-5-10(11)12(15)16/h1-7H,(H,15,16). The van der Waals surface area contributed by atoms with Crippen LogP contribution in [0.4, 0.5) is 0 Å². The number of benzene rings is 1. The number of halogens is 1. The Morgan fingerprint density at radius 2 is 1.94 bits per heavy atom. The summed E-state index contributed by atoms with van der Waals surface area (Å²) in [4.78, 5) is 16.6. The van der Waals surface area contributed by atoms with E-state index in [1.165, 1.54) is 24.0 Å². The summed E-state index contributed by atoms with van der Waals surface area (Å²) in [6.07, 6.45) is 3.05. The molecule has 2 rings (SSSR count). The van der Waals surface area contributed by atoms with Gasteiger partial charge >= 0.3 is 5.97 Å². The van der Waals surface area contributed by atoms with Gasteiger partial charge < -0.3 is 5.11 Å². The predicted octanol–water partition coefficient (Wildman–Crippen LogP) is 3.69. The van der Waals surface area contributed by atoms with Gasteiger partial charge in [-0.15, -0.1) is 0 Å². The molecule has 1 N–H and O–H groups in total. The maximum atomic E-state index is 11.0. The average Bonchev–Trinajstić information content (AvgIpc) is 2.32. The number of aromatic carboxylic acids is 1. The molecule has 0 unspecified atom stereocenters. The van der Waals surface area contributed by atoms with Gasteiger partial charge in [-0.05, 0) is 30.3 Å². The fourth-order valence-corrected chi connectivity index (χ4v) is 2.44. The molecule has 3 nitrogen and oxygen atoms in total. The van der Waals surface area contributed by atoms with E-state index >= 15 is 0 Å². The van der Waals surface area contributed by atoms with Crippen molar-refractivity contribution in [3.05, 3.63) is 52.8 Å². The van der Waals surface area contributed by atoms with E-state index in [4.69, 9.17) is 5.11 Å². The minimum absolute atomic E-state index is 0.271. The zero-order chi connectivity index (χ0) is 12.3. The summed E-state index contributed by atoms with van der Waals surface area (Å²) in [7, 11) is 0. The molecule has 17 heavy (non-hydrogen) atoms. The number of carboxylic acid groups (broad SMARTS) is 1. The minimum atomic E-state index is -0.938. The highest BCUT2D eigenvalue weighted by atomic mass is 79.9. The van der Waals surface area contributed by atoms with Crippen molar-refractivity contribution in [3.63, 3.8) is 0 Å². The van der Waals surface area contributed by atoms with Crippen LogP contribution in [0.1, 0.15) is 10.4 Å². The third-order valence-corrected chi connectivity index (χ3v) is 3.64. The summed E-state index contributed by atoms with van der Waals surface area (Å²) in [6, 6.07) is 9.18. The first kappa shape index (κ1) is 12.1. The van der Waals surface area contributed by atoms with Crippen LogP contribution in [0.5, 0.6) is 0 Å². The van der Waals surface area contributed by atoms with Crippen LogP contribution in [-0.2, 0) is 0 Å². The van der Waals surface area contributed by atoms with E-state index < -0.39 is 5.97 Å². The van der Waals surface area contributed by atoms with E-state index in [2.05, 4.69) is 20.9 Å². The monoisotopic (exact) mass is 309 g/mol. The first-order valence-corrected chi connectivity index (χ1v) is 6.38. The Morgan fingerprint density at radius 3 is 2.59 bits per heavy atom. The molecule has 0 saturated heterocycles. The van der Waals surface area contributed by atoms with E-state index in [1.807, 2.05) is 24.3 Å². The molecule has 1 heterocycles. The van der Waals surface area contributed by atoms with E-state index in [0.717, 1.165) is 9.37 Å². The largest absolute Gasteiger partial charge is 0.478 e. The van der Waals surface area contributed by atoms with Gasteiger partial charge in [-0.3, -0.25) is 4.98 Å². The van der Waals surface area contributed by atoms with Gasteiger partial charge in [0.15, 0.2) is 0 Å². The fourth-order valence-electron chi connectivity index (χ4n) is 1.27. The van der Waals surface area contributed by atoms with Crippen LogP contribution < -0.4 is 0 Å². The number of hydrogen-bond donors (Lipinski definition) is 1. The van der Waals surface area contributed by atoms with Crippen LogP contribution in [0.15, 0.2) is 57.0 Å². The molecular weight excluding hydrogens is 302 g/mol. The topological polar surface area (TPSA) is 50.2 Å². The van der Waals surface area contributed by atoms with Gasteiger partial charge in [-0.1, -0.05) is 27.7 Å². The van der Waals surface area contributed by atoms with Crippen LogP contribution in [0.25, 0.3) is 0 Å². The Labute approximate surface area is 111 Å². The first-order valence-electron chi connectivity index (χ1n) is 4.77. The zero-order valence-electron chi connectivity index (χ0n) is 8.63. The van der Waals surface area contributed by atoms with E-state index in [0.29, 0.717) is 4.90 Å². The summed E-state index contributed by atoms with van der Waals surface area (Å²) in [5.74, 6) is -0.938. The number of carbonyl (C=O) groups is 1. The Hall–Kier alpha value is -1.33. The molecule has 0 aliphatic heterocycles. The molecular formula is C12H8BrNO2S. The molecule has 0 atom stereocenters. The van der Waals surface area contributed by atoms with Gasteiger partial charge in [0.2, 0.25) is 0 Å². The number of pyridine rings is 1. The summed E-state index contributed by atoms with van der Waals surface area (Å²) in [5, 5.41) is 9.04. The lowest BCUT2D eigenvalue weighted by Crippen LogP contribution is -1.98. The molecule has 1 aromatic carbocycles. The van der Waals surface area contributed by atoms with Crippen molar-refractivity contribution in [2.24, 2.45) is 0 Å². The van der Waals surface area contributed by atoms with Crippen molar-refractivity contribution in [1.29, 1.82) is 0 Å². The highest BCUT2D eigenvalue weighted by Crippen LogP contribution is 2.30. The second kappa shape index (κ2) is 5.33. The quantitative estimate of drug-likeness (QED) is 0.939. The van der Waals surface area contributed by atoms with E-state index in [-0.39, 0.29) is 5.56 Å². The van der Waals surface area contributed by atoms with Gasteiger partial charge in [0.05, 0.1) is 5.56 Å². The van der Waals surface area contributed by atoms with Crippen LogP contribution in [0, 0.1) is 0 Å². The van der Waals surface area contributed by atoms with Gasteiger partial charge in [0.1, 0.15) is 0 Å². The van der Waals surface area contributed by atoms with Gasteiger partial charge in [0, 0.05) is 26.7 Å². The highest BCUT2D eigenvalue weighted by molar-refractivity contribution is 9.10. The number of aromatic nitrogens is 1. The molecule has 0 aliphatic carbocycles. The smallest absolute Gasteiger partial charge is 0.336 e. The van der Waals surface area contributed by atoms with Crippen molar-refractivity contribution < 1.29 is 9.90 Å². The van der Waals surface area contributed by atoms with Crippen LogP contribution in [0.2, 0.25) is 0 Å². The van der Waals surface area contributed by atoms with E-state index in [1.54, 1.807) is 6.20 Å². The number of nitrogens with zero attached hydrogens (tertiary/aromatic N) is 1. The average molecular weight is 310 g/mol. The summed E-state index contributed by atoms with van der Waals surface area (Å²) < 4.78 is 0.992. The molecule has 86 valence electrons. The highest BCUT2D eigenvalue weighted by Gasteiger charge is 2.10. The maximum Gasteiger partial charge on any atom is 0.336 e. The Kier molecular flexibility index (Phi) is 3.81. The first-order chi connectivity index (χ1) is 8.16. The molecule has 0 bridgehead atoms. The molecule has 0 fully saturated rings. The third-order valence-electron chi connectivity index (χ3n) is 2.06. The number of rotatable bonds is 3. The fraction of sp³-hybridized carbons (Fsp3) is 0. The number of hydrogen-bond acceptors (Lipinski definition) is 3. The minimum Gasteiger partial charge on any atom is -0.478 e. The molecule has 0 amide bonds. The van der Waals surface area contributed by atoms with E-state index in [9.17, 15) is 4.79 Å². The normalized spacial score (nSPS) is 10.2. The van der Waals surface area contributed by atoms with Crippen molar-refractivity contribution in [2.75, 3.05) is 0 Å². The van der Waals surface area contributed by atoms with Crippen LogP contribution in [-0.4, -0.2) is 16.1 Å². The lowest BCUT2D eigenvalue weighted by molar-refractivity contribution is 0.0693. The summed E-state index contributed by atoms with van der Waals surface area (Å²) >= 11 is 4.74. The summed E-state index contributed by atoms with van der Waals surface area (Å²) in [5.41, 5.74) is 0.271. The molecule has 0 spiro atoms. The zero-order valence-corrected chi connectivity index (χ0v) is 11.0. The molecule has 2 aromatic rings. The summed E-state index contributed by atoms with van der Waals surface area (Å²) in [6.45, 7) is 0. The molecule has 1 aromatic heterocycles. The Bertz CT molecular complexity index is 542. The Balaban J connectivity index is 2.30. The second-order valence-electron chi connectivity index (χ2n) is 3.23. The van der Waals surface area contributed by atoms with Crippen molar-refractivity contribution in [1.82, 2.24) is 4.98 Å². The SMILES string of the molecule is O=C(O)c1ccncc1Sc1ccc(Br)cc1. The van der Waals surface area contributed by atoms with Crippen LogP contribution in [0.3, 0.4) is 0 Å². The molecule has 0 aliphatic rings. The molecule has 0 radical (unpaired) electrons. The van der Waals surface area contributed by atoms with Gasteiger partial charge in [-0.25, -0.2) is 4.79 Å². The number of carboxylic acids is 1. The predicted molar refractivity (Wildman–Crippen MR) is 69.5 cm³/mol. The van der Waals surface area contributed by atoms with Crippen molar-refractivity contribution in [3.8, 4) is 0 Å². The third kappa shape index (κ3) is 3.08. The maximum absolute atomic E-state index is 11.0. The molecule has 5 heteroatoms. The second-order valence-corrected chi connectivity index (χ2v) is 5.26. The van der Waals surface area contributed by atoms with Crippen molar-refractivity contribution >= 4 is 33.7 Å². The van der Waals surface area contributed by atoms with Gasteiger partial charge in [0.25, 0.3) is 0 Å².